The molecule has 4 heterocycles. The van der Waals surface area contributed by atoms with Gasteiger partial charge in [-0.1, -0.05) is 135 Å². The van der Waals surface area contributed by atoms with Gasteiger partial charge in [0.05, 0.1) is 88.9 Å². The van der Waals surface area contributed by atoms with Crippen molar-refractivity contribution in [1.29, 1.82) is 26.3 Å². The zero-order valence-corrected chi connectivity index (χ0v) is 79.5. The molecule has 7 aromatic carbocycles. The number of hydrogen-bond acceptors (Lipinski definition) is 26. The maximum Gasteiger partial charge on any atom is 0.272 e. The standard InChI is InChI=1S/C28H29N3O2.C24H35N7O3.C24H26N6OS.C22H26N6O2S/c1-5-6-14-31-24-13-12-21(15-22(24)19(2)16-28(31,3)4)25-23(17-29)26(32)30(27(25)33)18-20-10-8-7-9-11-20;1-9-30(10-2)20-11-18(26-16(4)33)19(12-21(20)34-8)27-28-23-17(13-25)22(24(5,6)7)29-31(23)14-15(3)32;1-5-30(15-18-9-7-6-8-10-18)19-11-12-21(22(13-19)26-23(31)16(2)3)27-28-24-20(14-25)17(4)29-32-24;1-5-9-28(10-6-2)19-7-8-20(21(13-19)27-31(4,29)30)25-26-22-17(14-23)11-16(3)12-18(22)15-24/h7-13,15-16H,5-6,14,18H2,1-4H3;11-12,15,32H,9-10,14H2,1-8H3,(H,26,33);6-13,16H,5,15H2,1-4H3,(H,26,31);7-8,11-13,27H,5-6,9-10H2,1-4H3. The summed E-state index contributed by atoms with van der Waals surface area (Å²) in [7, 11) is -1.98. The Morgan fingerprint density at radius 3 is 1.77 bits per heavy atom. The fourth-order valence-corrected chi connectivity index (χ4v) is 15.8. The smallest absolute Gasteiger partial charge is 0.272 e. The van der Waals surface area contributed by atoms with E-state index < -0.39 is 33.4 Å². The van der Waals surface area contributed by atoms with E-state index in [0.29, 0.717) is 61.6 Å². The van der Waals surface area contributed by atoms with Gasteiger partial charge in [0.15, 0.2) is 10.8 Å². The van der Waals surface area contributed by atoms with Crippen molar-refractivity contribution in [3.63, 3.8) is 0 Å². The van der Waals surface area contributed by atoms with E-state index in [9.17, 15) is 59.0 Å². The maximum atomic E-state index is 13.3. The van der Waals surface area contributed by atoms with Gasteiger partial charge in [0, 0.05) is 92.8 Å². The lowest BCUT2D eigenvalue weighted by molar-refractivity contribution is -0.137. The van der Waals surface area contributed by atoms with E-state index >= 15 is 0 Å². The van der Waals surface area contributed by atoms with Crippen molar-refractivity contribution in [3.8, 4) is 36.1 Å². The van der Waals surface area contributed by atoms with Gasteiger partial charge >= 0.3 is 0 Å². The third kappa shape index (κ3) is 26.3. The molecule has 0 saturated carbocycles. The number of benzene rings is 7. The van der Waals surface area contributed by atoms with Crippen LogP contribution < -0.4 is 39.7 Å². The van der Waals surface area contributed by atoms with Gasteiger partial charge in [0.25, 0.3) is 11.8 Å². The van der Waals surface area contributed by atoms with Gasteiger partial charge in [0.1, 0.15) is 75.5 Å². The molecule has 11 rings (SSSR count). The third-order valence-electron chi connectivity index (χ3n) is 20.9. The Morgan fingerprint density at radius 2 is 1.23 bits per heavy atom. The molecule has 9 aromatic rings. The number of sulfonamides is 1. The first-order valence-electron chi connectivity index (χ1n) is 43.2. The first kappa shape index (κ1) is 101. The largest absolute Gasteiger partial charge is 0.494 e. The summed E-state index contributed by atoms with van der Waals surface area (Å²) < 4.78 is 37.6. The molecule has 2 aromatic heterocycles. The molecular weight excluding hydrogens is 1680 g/mol. The number of ether oxygens (including phenoxy) is 1. The summed E-state index contributed by atoms with van der Waals surface area (Å²) in [5.74, 6) is -0.647. The minimum absolute atomic E-state index is 0.0866. The number of aliphatic hydroxyl groups is 1. The predicted molar refractivity (Wildman–Crippen MR) is 515 cm³/mol. The van der Waals surface area contributed by atoms with Crippen LogP contribution in [0.3, 0.4) is 0 Å². The summed E-state index contributed by atoms with van der Waals surface area (Å²) in [6.45, 7) is 41.2. The normalized spacial score (nSPS) is 13.0. The molecule has 1 atom stereocenters. The number of aromatic nitrogens is 3. The first-order chi connectivity index (χ1) is 61.9. The Balaban J connectivity index is 0.000000214. The van der Waals surface area contributed by atoms with Crippen molar-refractivity contribution in [3.05, 3.63) is 213 Å². The van der Waals surface area contributed by atoms with Crippen molar-refractivity contribution >= 4 is 130 Å². The molecule has 2 aliphatic rings. The Bertz CT molecular complexity index is 6040. The molecule has 4 amide bonds. The molecule has 32 heteroatoms. The number of hydrogen-bond donors (Lipinski definition) is 4. The molecule has 678 valence electrons. The van der Waals surface area contributed by atoms with Gasteiger partial charge in [-0.25, -0.2) is 13.1 Å². The average Bonchev–Trinajstić information content (AvgIpc) is 1.44. The quantitative estimate of drug-likeness (QED) is 0.0225. The van der Waals surface area contributed by atoms with Crippen LogP contribution in [0.4, 0.5) is 73.4 Å². The number of imide groups is 1. The Kier molecular flexibility index (Phi) is 36.3. The second-order valence-corrected chi connectivity index (χ2v) is 35.6. The van der Waals surface area contributed by atoms with Crippen LogP contribution in [0.2, 0.25) is 0 Å². The lowest BCUT2D eigenvalue weighted by Crippen LogP contribution is -2.45. The number of nitrogens with zero attached hydrogens (tertiary/aromatic N) is 19. The predicted octanol–water partition coefficient (Wildman–Crippen LogP) is 21.5. The number of fused-ring (bicyclic) bond motifs is 1. The van der Waals surface area contributed by atoms with E-state index in [1.807, 2.05) is 158 Å². The van der Waals surface area contributed by atoms with Crippen LogP contribution in [0.15, 0.2) is 182 Å². The molecular formula is C98H116N22O8S2. The summed E-state index contributed by atoms with van der Waals surface area (Å²) in [6.07, 6.45) is 6.72. The molecule has 130 heavy (non-hydrogen) atoms. The number of amides is 4. The van der Waals surface area contributed by atoms with Crippen molar-refractivity contribution in [1.82, 2.24) is 19.1 Å². The number of azo groups is 3. The van der Waals surface area contributed by atoms with Crippen LogP contribution in [0, 0.1) is 76.4 Å². The van der Waals surface area contributed by atoms with Gasteiger partial charge in [-0.3, -0.25) is 28.8 Å². The Hall–Kier alpha value is -14.1. The monoisotopic (exact) mass is 1790 g/mol. The Morgan fingerprint density at radius 1 is 0.654 bits per heavy atom. The zero-order valence-electron chi connectivity index (χ0n) is 77.8. The van der Waals surface area contributed by atoms with E-state index in [1.165, 1.54) is 22.1 Å². The SMILES string of the molecule is CCCCN1c2ccc(C3=C(C#N)C(=O)N(Cc4ccccc4)C3=O)cc2C(C)=CC1(C)C.CCCN(CCC)c1ccc(N=Nc2c(C#N)cc(C)cc2C#N)c(NS(C)(=O)=O)c1.CCN(CC)c1cc(NC(C)=O)c(N=Nc2c(C#N)c(C(C)(C)C)nn2CC(C)O)cc1OC.CCN(Cc1ccccc1)c1ccc(N=Nc2snc(C)c2C#N)c(NC(=O)C(C)C)c1. The highest BCUT2D eigenvalue weighted by molar-refractivity contribution is 7.92. The molecule has 0 spiro atoms. The topological polar surface area (TPSA) is 408 Å². The fourth-order valence-electron chi connectivity index (χ4n) is 14.6. The van der Waals surface area contributed by atoms with Gasteiger partial charge in [0.2, 0.25) is 21.8 Å². The molecule has 0 radical (unpaired) electrons. The summed E-state index contributed by atoms with van der Waals surface area (Å²) in [5, 5.41) is 94.1. The van der Waals surface area contributed by atoms with Crippen molar-refractivity contribution < 1.29 is 37.4 Å². The van der Waals surface area contributed by atoms with Crippen molar-refractivity contribution in [2.45, 2.75) is 187 Å². The molecule has 1 unspecified atom stereocenters. The van der Waals surface area contributed by atoms with E-state index in [-0.39, 0.29) is 81.5 Å². The highest BCUT2D eigenvalue weighted by atomic mass is 32.2. The minimum Gasteiger partial charge on any atom is -0.494 e. The second-order valence-electron chi connectivity index (χ2n) is 33.1. The van der Waals surface area contributed by atoms with Crippen LogP contribution in [0.25, 0.3) is 11.1 Å². The molecule has 30 nitrogen and oxygen atoms in total. The fraction of sp³-hybridized carbons (Fsp3) is 0.378. The van der Waals surface area contributed by atoms with Gasteiger partial charge in [-0.2, -0.15) is 35.8 Å². The van der Waals surface area contributed by atoms with Crippen molar-refractivity contribution in [2.75, 3.05) is 87.6 Å². The first-order valence-corrected chi connectivity index (χ1v) is 45.8. The van der Waals surface area contributed by atoms with E-state index in [1.54, 1.807) is 64.3 Å². The number of carbonyl (C=O) groups is 4. The van der Waals surface area contributed by atoms with Crippen LogP contribution >= 0.6 is 11.5 Å². The number of anilines is 7. The number of nitriles is 5. The van der Waals surface area contributed by atoms with Crippen LogP contribution in [-0.2, 0) is 54.3 Å². The average molecular weight is 1790 g/mol. The van der Waals surface area contributed by atoms with Gasteiger partial charge < -0.3 is 40.1 Å². The number of nitrogens with one attached hydrogen (secondary N) is 3. The minimum atomic E-state index is -3.56. The summed E-state index contributed by atoms with van der Waals surface area (Å²) >= 11 is 1.13. The molecule has 0 aliphatic carbocycles. The zero-order chi connectivity index (χ0) is 95.5. The summed E-state index contributed by atoms with van der Waals surface area (Å²) in [4.78, 5) is 60.7. The molecule has 4 N–H and O–H groups in total. The lowest BCUT2D eigenvalue weighted by atomic mass is 9.86. The van der Waals surface area contributed by atoms with Crippen LogP contribution in [-0.4, -0.2) is 120 Å². The number of carbonyl (C=O) groups excluding carboxylic acids is 4. The summed E-state index contributed by atoms with van der Waals surface area (Å²) in [6, 6.07) is 53.5. The highest BCUT2D eigenvalue weighted by Crippen LogP contribution is 2.45. The summed E-state index contributed by atoms with van der Waals surface area (Å²) in [5.41, 5.74) is 14.0. The van der Waals surface area contributed by atoms with E-state index in [4.69, 9.17) is 4.74 Å². The lowest BCUT2D eigenvalue weighted by Gasteiger charge is -2.43. The molecule has 0 bridgehead atoms. The molecule has 0 saturated heterocycles. The Labute approximate surface area is 767 Å². The van der Waals surface area contributed by atoms with Gasteiger partial charge in [-0.15, -0.1) is 30.7 Å². The van der Waals surface area contributed by atoms with Crippen LogP contribution in [0.5, 0.6) is 5.75 Å². The number of aryl methyl sites for hydroxylation is 2. The van der Waals surface area contributed by atoms with Crippen LogP contribution in [0.1, 0.15) is 198 Å². The third-order valence-corrected chi connectivity index (χ3v) is 22.3. The maximum absolute atomic E-state index is 13.3. The molecule has 0 fully saturated rings. The van der Waals surface area contributed by atoms with Crippen molar-refractivity contribution in [2.24, 2.45) is 36.6 Å². The number of allylic oxidation sites excluding steroid dienone is 1. The van der Waals surface area contributed by atoms with Gasteiger partial charge in [-0.05, 0) is 188 Å². The molecule has 2 aliphatic heterocycles. The number of methoxy groups -OCH3 is 1. The number of unbranched alkanes of at least 4 members (excludes halogenated alkanes) is 1. The highest BCUT2D eigenvalue weighted by Gasteiger charge is 2.41. The van der Waals surface area contributed by atoms with E-state index in [0.717, 1.165) is 134 Å². The second kappa shape index (κ2) is 46.6. The van der Waals surface area contributed by atoms with E-state index in [2.05, 4.69) is 154 Å². The number of rotatable bonds is 32. The number of aliphatic hydroxyl groups excluding tert-OH is 1.